The molecular formula is C23H18O4. The summed E-state index contributed by atoms with van der Waals surface area (Å²) in [6, 6.07) is 19.9. The van der Waals surface area contributed by atoms with Crippen LogP contribution in [-0.4, -0.2) is 25.1 Å². The van der Waals surface area contributed by atoms with E-state index in [0.717, 1.165) is 0 Å². The van der Waals surface area contributed by atoms with Gasteiger partial charge in [-0.05, 0) is 12.1 Å². The number of carbonyl (C=O) groups is 1. The minimum absolute atomic E-state index is 0.0412. The van der Waals surface area contributed by atoms with Crippen LogP contribution in [0.15, 0.2) is 66.7 Å². The summed E-state index contributed by atoms with van der Waals surface area (Å²) in [4.78, 5) is 13.4. The van der Waals surface area contributed by atoms with Crippen LogP contribution in [0.2, 0.25) is 0 Å². The van der Waals surface area contributed by atoms with Crippen LogP contribution in [0.4, 0.5) is 0 Å². The van der Waals surface area contributed by atoms with Crippen LogP contribution in [0, 0.1) is 0 Å². The molecule has 27 heavy (non-hydrogen) atoms. The van der Waals surface area contributed by atoms with Crippen molar-refractivity contribution in [2.24, 2.45) is 0 Å². The Morgan fingerprint density at radius 2 is 1.26 bits per heavy atom. The number of aromatic hydroxyl groups is 1. The summed E-state index contributed by atoms with van der Waals surface area (Å²) in [6.07, 6.45) is 0. The number of phenols is 1. The van der Waals surface area contributed by atoms with Crippen LogP contribution in [0.3, 0.4) is 0 Å². The lowest BCUT2D eigenvalue weighted by molar-refractivity contribution is 0.104. The van der Waals surface area contributed by atoms with E-state index in [0.29, 0.717) is 44.2 Å². The second-order valence-electron chi connectivity index (χ2n) is 6.18. The minimum Gasteiger partial charge on any atom is -0.506 e. The highest BCUT2D eigenvalue weighted by Gasteiger charge is 2.23. The number of hydrogen-bond donors (Lipinski definition) is 1. The van der Waals surface area contributed by atoms with Crippen LogP contribution < -0.4 is 9.47 Å². The van der Waals surface area contributed by atoms with Crippen molar-refractivity contribution in [1.29, 1.82) is 0 Å². The fourth-order valence-corrected chi connectivity index (χ4v) is 3.56. The van der Waals surface area contributed by atoms with E-state index in [1.54, 1.807) is 38.5 Å². The third-order valence-corrected chi connectivity index (χ3v) is 4.77. The van der Waals surface area contributed by atoms with Gasteiger partial charge in [0.1, 0.15) is 17.2 Å². The van der Waals surface area contributed by atoms with Gasteiger partial charge in [0.25, 0.3) is 0 Å². The zero-order valence-electron chi connectivity index (χ0n) is 15.0. The number of methoxy groups -OCH3 is 2. The van der Waals surface area contributed by atoms with E-state index in [2.05, 4.69) is 0 Å². The van der Waals surface area contributed by atoms with Crippen LogP contribution in [0.25, 0.3) is 21.5 Å². The van der Waals surface area contributed by atoms with E-state index in [9.17, 15) is 9.90 Å². The van der Waals surface area contributed by atoms with Gasteiger partial charge in [-0.15, -0.1) is 0 Å². The summed E-state index contributed by atoms with van der Waals surface area (Å²) >= 11 is 0. The first-order chi connectivity index (χ1) is 13.2. The number of ketones is 1. The second kappa shape index (κ2) is 6.65. The van der Waals surface area contributed by atoms with Gasteiger partial charge < -0.3 is 14.6 Å². The molecule has 0 saturated heterocycles. The molecule has 4 heteroatoms. The Hall–Kier alpha value is -3.53. The summed E-state index contributed by atoms with van der Waals surface area (Å²) in [7, 11) is 3.08. The molecule has 1 N–H and O–H groups in total. The summed E-state index contributed by atoms with van der Waals surface area (Å²) in [6.45, 7) is 0. The van der Waals surface area contributed by atoms with Crippen molar-refractivity contribution in [3.05, 3.63) is 77.9 Å². The van der Waals surface area contributed by atoms with Crippen LogP contribution in [0.1, 0.15) is 15.9 Å². The van der Waals surface area contributed by atoms with Crippen LogP contribution >= 0.6 is 0 Å². The third-order valence-electron chi connectivity index (χ3n) is 4.77. The summed E-state index contributed by atoms with van der Waals surface area (Å²) < 4.78 is 10.9. The molecule has 0 radical (unpaired) electrons. The SMILES string of the molecule is COc1cccc2c(C(=O)c3ccccc3)c3cccc(OC)c3c(O)c12. The first-order valence-electron chi connectivity index (χ1n) is 8.55. The van der Waals surface area contributed by atoms with E-state index in [1.807, 2.05) is 42.5 Å². The van der Waals surface area contributed by atoms with Gasteiger partial charge in [-0.25, -0.2) is 0 Å². The zero-order chi connectivity index (χ0) is 19.0. The molecule has 0 atom stereocenters. The maximum Gasteiger partial charge on any atom is 0.194 e. The molecule has 134 valence electrons. The number of phenolic OH excluding ortho intramolecular Hbond substituents is 1. The van der Waals surface area contributed by atoms with Crippen LogP contribution in [0.5, 0.6) is 17.2 Å². The Balaban J connectivity index is 2.22. The average molecular weight is 358 g/mol. The first-order valence-corrected chi connectivity index (χ1v) is 8.55. The number of hydrogen-bond acceptors (Lipinski definition) is 4. The quantitative estimate of drug-likeness (QED) is 0.414. The third kappa shape index (κ3) is 2.57. The van der Waals surface area contributed by atoms with Gasteiger partial charge in [0.05, 0.1) is 25.0 Å². The van der Waals surface area contributed by atoms with E-state index < -0.39 is 0 Å². The predicted molar refractivity (Wildman–Crippen MR) is 106 cm³/mol. The average Bonchev–Trinajstić information content (AvgIpc) is 2.73. The molecule has 4 aromatic carbocycles. The Labute approximate surface area is 156 Å². The molecule has 0 aromatic heterocycles. The Kier molecular flexibility index (Phi) is 4.16. The van der Waals surface area contributed by atoms with Crippen molar-refractivity contribution in [3.63, 3.8) is 0 Å². The number of carbonyl (C=O) groups excluding carboxylic acids is 1. The second-order valence-corrected chi connectivity index (χ2v) is 6.18. The highest BCUT2D eigenvalue weighted by molar-refractivity contribution is 6.27. The van der Waals surface area contributed by atoms with Crippen molar-refractivity contribution < 1.29 is 19.4 Å². The van der Waals surface area contributed by atoms with Gasteiger partial charge >= 0.3 is 0 Å². The largest absolute Gasteiger partial charge is 0.506 e. The molecule has 0 fully saturated rings. The Morgan fingerprint density at radius 3 is 1.74 bits per heavy atom. The molecule has 0 aliphatic heterocycles. The molecule has 4 rings (SSSR count). The molecule has 0 spiro atoms. The van der Waals surface area contributed by atoms with Crippen molar-refractivity contribution in [2.45, 2.75) is 0 Å². The fraction of sp³-hybridized carbons (Fsp3) is 0.0870. The highest BCUT2D eigenvalue weighted by Crippen LogP contribution is 2.45. The van der Waals surface area contributed by atoms with Gasteiger partial charge in [0.2, 0.25) is 0 Å². The fourth-order valence-electron chi connectivity index (χ4n) is 3.56. The van der Waals surface area contributed by atoms with Gasteiger partial charge in [-0.3, -0.25) is 4.79 Å². The predicted octanol–water partition coefficient (Wildman–Crippen LogP) is 4.95. The maximum atomic E-state index is 13.4. The Bertz CT molecular complexity index is 1100. The monoisotopic (exact) mass is 358 g/mol. The summed E-state index contributed by atoms with van der Waals surface area (Å²) in [5.74, 6) is 0.923. The van der Waals surface area contributed by atoms with E-state index >= 15 is 0 Å². The molecule has 0 aliphatic rings. The smallest absolute Gasteiger partial charge is 0.194 e. The zero-order valence-corrected chi connectivity index (χ0v) is 15.0. The topological polar surface area (TPSA) is 55.8 Å². The molecule has 0 unspecified atom stereocenters. The minimum atomic E-state index is -0.118. The maximum absolute atomic E-state index is 13.4. The summed E-state index contributed by atoms with van der Waals surface area (Å²) in [5.41, 5.74) is 1.10. The van der Waals surface area contributed by atoms with Gasteiger partial charge in [0.15, 0.2) is 5.78 Å². The van der Waals surface area contributed by atoms with Crippen molar-refractivity contribution in [3.8, 4) is 17.2 Å². The first kappa shape index (κ1) is 16.9. The number of rotatable bonds is 4. The van der Waals surface area contributed by atoms with E-state index in [-0.39, 0.29) is 11.5 Å². The molecule has 0 aliphatic carbocycles. The number of fused-ring (bicyclic) bond motifs is 2. The van der Waals surface area contributed by atoms with Crippen molar-refractivity contribution in [1.82, 2.24) is 0 Å². The highest BCUT2D eigenvalue weighted by atomic mass is 16.5. The lowest BCUT2D eigenvalue weighted by Crippen LogP contribution is -2.04. The van der Waals surface area contributed by atoms with Gasteiger partial charge in [-0.1, -0.05) is 54.6 Å². The molecule has 4 aromatic rings. The Morgan fingerprint density at radius 1 is 0.741 bits per heavy atom. The number of ether oxygens (including phenoxy) is 2. The lowest BCUT2D eigenvalue weighted by atomic mass is 9.90. The number of benzene rings is 4. The standard InChI is InChI=1S/C23H18O4/c1-26-17-12-6-10-15-19(22(24)14-8-4-3-5-9-14)16-11-7-13-18(27-2)21(16)23(25)20(15)17/h3-13,25H,1-2H3. The van der Waals surface area contributed by atoms with Crippen molar-refractivity contribution in [2.75, 3.05) is 14.2 Å². The molecule has 0 saturated carbocycles. The van der Waals surface area contributed by atoms with Gasteiger partial charge in [0, 0.05) is 21.9 Å². The van der Waals surface area contributed by atoms with E-state index in [4.69, 9.17) is 9.47 Å². The molecule has 0 heterocycles. The van der Waals surface area contributed by atoms with Crippen LogP contribution in [-0.2, 0) is 0 Å². The molecule has 0 amide bonds. The molecule has 0 bridgehead atoms. The molecular weight excluding hydrogens is 340 g/mol. The van der Waals surface area contributed by atoms with Gasteiger partial charge in [-0.2, -0.15) is 0 Å². The summed E-state index contributed by atoms with van der Waals surface area (Å²) in [5, 5.41) is 13.3. The lowest BCUT2D eigenvalue weighted by Gasteiger charge is -2.17. The van der Waals surface area contributed by atoms with Crippen molar-refractivity contribution >= 4 is 27.3 Å². The molecule has 4 nitrogen and oxygen atoms in total. The van der Waals surface area contributed by atoms with E-state index in [1.165, 1.54) is 0 Å². The normalized spacial score (nSPS) is 10.9.